The number of ether oxygens (including phenoxy) is 1. The van der Waals surface area contributed by atoms with Crippen LogP contribution < -0.4 is 15.4 Å². The van der Waals surface area contributed by atoms with Crippen molar-refractivity contribution in [3.05, 3.63) is 24.3 Å². The van der Waals surface area contributed by atoms with Crippen LogP contribution in [0.1, 0.15) is 26.7 Å². The molecule has 1 aromatic carbocycles. The highest BCUT2D eigenvalue weighted by Gasteiger charge is 2.25. The number of hydrogen-bond acceptors (Lipinski definition) is 4. The number of carbonyl (C=O) groups is 1. The molecule has 1 amide bonds. The predicted octanol–water partition coefficient (Wildman–Crippen LogP) is 2.60. The molecule has 0 saturated carbocycles. The van der Waals surface area contributed by atoms with Gasteiger partial charge in [0.1, 0.15) is 5.75 Å². The zero-order chi connectivity index (χ0) is 19.6. The molecule has 2 atom stereocenters. The van der Waals surface area contributed by atoms with Crippen LogP contribution in [0, 0.1) is 5.92 Å². The number of aliphatic imine (C=N–C) groups is 1. The van der Waals surface area contributed by atoms with Gasteiger partial charge in [0.15, 0.2) is 5.96 Å². The second-order valence-electron chi connectivity index (χ2n) is 6.84. The minimum Gasteiger partial charge on any atom is -0.496 e. The zero-order valence-electron chi connectivity index (χ0n) is 16.8. The van der Waals surface area contributed by atoms with Gasteiger partial charge in [0.2, 0.25) is 5.91 Å². The molecule has 150 valence electrons. The van der Waals surface area contributed by atoms with Crippen molar-refractivity contribution < 1.29 is 9.53 Å². The molecule has 0 bridgehead atoms. The van der Waals surface area contributed by atoms with Crippen molar-refractivity contribution in [2.75, 3.05) is 39.5 Å². The summed E-state index contributed by atoms with van der Waals surface area (Å²) < 4.78 is 5.41. The van der Waals surface area contributed by atoms with E-state index in [0.717, 1.165) is 43.5 Å². The van der Waals surface area contributed by atoms with Gasteiger partial charge in [-0.05, 0) is 24.5 Å². The summed E-state index contributed by atoms with van der Waals surface area (Å²) in [5, 5.41) is 6.85. The number of para-hydroxylation sites is 1. The molecule has 1 heterocycles. The molecule has 0 aliphatic carbocycles. The maximum atomic E-state index is 11.8. The van der Waals surface area contributed by atoms with Crippen molar-refractivity contribution in [2.45, 2.75) is 37.6 Å². The molecule has 1 saturated heterocycles. The summed E-state index contributed by atoms with van der Waals surface area (Å²) >= 11 is 1.81. The van der Waals surface area contributed by atoms with Crippen LogP contribution in [0.15, 0.2) is 34.2 Å². The van der Waals surface area contributed by atoms with Crippen molar-refractivity contribution in [1.29, 1.82) is 0 Å². The molecule has 6 nitrogen and oxygen atoms in total. The van der Waals surface area contributed by atoms with Crippen molar-refractivity contribution >= 4 is 23.6 Å². The third-order valence-electron chi connectivity index (χ3n) is 4.62. The van der Waals surface area contributed by atoms with Gasteiger partial charge in [0.05, 0.1) is 7.11 Å². The molecule has 7 heteroatoms. The quantitative estimate of drug-likeness (QED) is 0.404. The highest BCUT2D eigenvalue weighted by molar-refractivity contribution is 7.99. The van der Waals surface area contributed by atoms with Crippen molar-refractivity contribution in [3.8, 4) is 5.75 Å². The smallest absolute Gasteiger partial charge is 0.222 e. The maximum absolute atomic E-state index is 11.8. The standard InChI is InChI=1S/C20H32N4O2S/c1-5-19(25)24-11-10-16(13-24)23-20(21-3)22-12-15(2)14-27-18-9-7-6-8-17(18)26-4/h6-9,15-16H,5,10-14H2,1-4H3,(H2,21,22,23). The van der Waals surface area contributed by atoms with Crippen LogP contribution in [-0.4, -0.2) is 62.4 Å². The average molecular weight is 393 g/mol. The molecule has 0 aromatic heterocycles. The molecule has 2 rings (SSSR count). The van der Waals surface area contributed by atoms with Gasteiger partial charge < -0.3 is 20.3 Å². The molecule has 0 radical (unpaired) electrons. The maximum Gasteiger partial charge on any atom is 0.222 e. The van der Waals surface area contributed by atoms with Gasteiger partial charge in [-0.25, -0.2) is 0 Å². The van der Waals surface area contributed by atoms with E-state index in [1.807, 2.05) is 41.8 Å². The fourth-order valence-electron chi connectivity index (χ4n) is 3.02. The lowest BCUT2D eigenvalue weighted by Gasteiger charge is -2.20. The zero-order valence-corrected chi connectivity index (χ0v) is 17.6. The summed E-state index contributed by atoms with van der Waals surface area (Å²) in [6.45, 7) is 6.56. The second-order valence-corrected chi connectivity index (χ2v) is 7.91. The first-order valence-corrected chi connectivity index (χ1v) is 10.6. The minimum atomic E-state index is 0.226. The molecule has 1 aliphatic rings. The molecular formula is C20H32N4O2S. The number of guanidine groups is 1. The number of likely N-dealkylation sites (tertiary alicyclic amines) is 1. The van der Waals surface area contributed by atoms with E-state index >= 15 is 0 Å². The van der Waals surface area contributed by atoms with Crippen molar-refractivity contribution in [1.82, 2.24) is 15.5 Å². The lowest BCUT2D eigenvalue weighted by atomic mass is 10.2. The Morgan fingerprint density at radius 1 is 1.44 bits per heavy atom. The van der Waals surface area contributed by atoms with E-state index in [9.17, 15) is 4.79 Å². The summed E-state index contributed by atoms with van der Waals surface area (Å²) in [5.41, 5.74) is 0. The summed E-state index contributed by atoms with van der Waals surface area (Å²) in [5.74, 6) is 3.42. The number of nitrogens with zero attached hydrogens (tertiary/aromatic N) is 2. The summed E-state index contributed by atoms with van der Waals surface area (Å²) in [6.07, 6.45) is 1.53. The Balaban J connectivity index is 1.73. The number of amides is 1. The second kappa shape index (κ2) is 11.1. The molecule has 1 fully saturated rings. The third-order valence-corrected chi connectivity index (χ3v) is 6.00. The van der Waals surface area contributed by atoms with Crippen LogP contribution in [0.2, 0.25) is 0 Å². The molecule has 1 aliphatic heterocycles. The van der Waals surface area contributed by atoms with E-state index in [-0.39, 0.29) is 11.9 Å². The lowest BCUT2D eigenvalue weighted by molar-refractivity contribution is -0.129. The third kappa shape index (κ3) is 6.65. The Morgan fingerprint density at radius 2 is 2.22 bits per heavy atom. The van der Waals surface area contributed by atoms with E-state index in [4.69, 9.17) is 4.74 Å². The number of carbonyl (C=O) groups excluding carboxylic acids is 1. The van der Waals surface area contributed by atoms with Crippen LogP contribution in [0.25, 0.3) is 0 Å². The van der Waals surface area contributed by atoms with Gasteiger partial charge in [0.25, 0.3) is 0 Å². The molecule has 2 N–H and O–H groups in total. The van der Waals surface area contributed by atoms with E-state index in [2.05, 4.69) is 28.6 Å². The highest BCUT2D eigenvalue weighted by atomic mass is 32.2. The van der Waals surface area contributed by atoms with Gasteiger partial charge in [0, 0.05) is 49.8 Å². The molecule has 2 unspecified atom stereocenters. The summed E-state index contributed by atoms with van der Waals surface area (Å²) in [4.78, 5) is 19.2. The largest absolute Gasteiger partial charge is 0.496 e. The van der Waals surface area contributed by atoms with Crippen LogP contribution in [0.4, 0.5) is 0 Å². The molecular weight excluding hydrogens is 360 g/mol. The molecule has 1 aromatic rings. The monoisotopic (exact) mass is 392 g/mol. The first-order chi connectivity index (χ1) is 13.1. The number of rotatable bonds is 8. The Bertz CT molecular complexity index is 638. The van der Waals surface area contributed by atoms with E-state index < -0.39 is 0 Å². The molecule has 0 spiro atoms. The van der Waals surface area contributed by atoms with Crippen LogP contribution in [0.5, 0.6) is 5.75 Å². The fourth-order valence-corrected chi connectivity index (χ4v) is 4.07. The fraction of sp³-hybridized carbons (Fsp3) is 0.600. The first-order valence-electron chi connectivity index (χ1n) is 9.58. The predicted molar refractivity (Wildman–Crippen MR) is 113 cm³/mol. The highest BCUT2D eigenvalue weighted by Crippen LogP contribution is 2.29. The summed E-state index contributed by atoms with van der Waals surface area (Å²) in [7, 11) is 3.49. The normalized spacial score (nSPS) is 18.3. The minimum absolute atomic E-state index is 0.226. The van der Waals surface area contributed by atoms with Crippen molar-refractivity contribution in [3.63, 3.8) is 0 Å². The van der Waals surface area contributed by atoms with Gasteiger partial charge in [-0.3, -0.25) is 9.79 Å². The Labute approximate surface area is 167 Å². The number of methoxy groups -OCH3 is 1. The van der Waals surface area contributed by atoms with E-state index in [1.165, 1.54) is 4.90 Å². The lowest BCUT2D eigenvalue weighted by Crippen LogP contribution is -2.46. The van der Waals surface area contributed by atoms with Crippen LogP contribution in [0.3, 0.4) is 0 Å². The van der Waals surface area contributed by atoms with Crippen LogP contribution in [-0.2, 0) is 4.79 Å². The topological polar surface area (TPSA) is 66.0 Å². The van der Waals surface area contributed by atoms with E-state index in [1.54, 1.807) is 14.2 Å². The van der Waals surface area contributed by atoms with E-state index in [0.29, 0.717) is 12.3 Å². The number of nitrogens with one attached hydrogen (secondary N) is 2. The van der Waals surface area contributed by atoms with Gasteiger partial charge in [-0.15, -0.1) is 11.8 Å². The van der Waals surface area contributed by atoms with Gasteiger partial charge in [-0.1, -0.05) is 26.0 Å². The van der Waals surface area contributed by atoms with Crippen LogP contribution >= 0.6 is 11.8 Å². The van der Waals surface area contributed by atoms with Gasteiger partial charge >= 0.3 is 0 Å². The molecule has 27 heavy (non-hydrogen) atoms. The summed E-state index contributed by atoms with van der Waals surface area (Å²) in [6, 6.07) is 8.37. The number of benzene rings is 1. The van der Waals surface area contributed by atoms with Crippen molar-refractivity contribution in [2.24, 2.45) is 10.9 Å². The average Bonchev–Trinajstić information content (AvgIpc) is 3.17. The Morgan fingerprint density at radius 3 is 2.93 bits per heavy atom. The first kappa shape index (κ1) is 21.4. The number of hydrogen-bond donors (Lipinski definition) is 2. The Hall–Kier alpha value is -1.89. The Kier molecular flexibility index (Phi) is 8.78. The van der Waals surface area contributed by atoms with Gasteiger partial charge in [-0.2, -0.15) is 0 Å². The number of thioether (sulfide) groups is 1. The SMILES string of the molecule is CCC(=O)N1CCC(NC(=NC)NCC(C)CSc2ccccc2OC)C1.